The number of nitrogens with one attached hydrogen (secondary N) is 1. The molecule has 19 heavy (non-hydrogen) atoms. The number of hydrogen-bond donors (Lipinski definition) is 1. The highest BCUT2D eigenvalue weighted by molar-refractivity contribution is 7.99. The molecular formula is C14H29NO3S. The van der Waals surface area contributed by atoms with Crippen LogP contribution in [0, 0.1) is 0 Å². The van der Waals surface area contributed by atoms with Gasteiger partial charge in [-0.15, -0.1) is 0 Å². The molecule has 1 unspecified atom stereocenters. The maximum absolute atomic E-state index is 11.8. The second-order valence-electron chi connectivity index (χ2n) is 4.72. The highest BCUT2D eigenvalue weighted by Gasteiger charge is 2.31. The first-order valence-corrected chi connectivity index (χ1v) is 8.19. The molecule has 0 radical (unpaired) electrons. The van der Waals surface area contributed by atoms with E-state index in [0.717, 1.165) is 43.8 Å². The van der Waals surface area contributed by atoms with Crippen LogP contribution < -0.4 is 5.32 Å². The molecule has 0 heterocycles. The Morgan fingerprint density at radius 2 is 1.95 bits per heavy atom. The Morgan fingerprint density at radius 3 is 2.53 bits per heavy atom. The van der Waals surface area contributed by atoms with Gasteiger partial charge in [0.2, 0.25) is 0 Å². The molecule has 0 aliphatic heterocycles. The topological polar surface area (TPSA) is 47.6 Å². The molecule has 0 bridgehead atoms. The highest BCUT2D eigenvalue weighted by atomic mass is 32.2. The Bertz CT molecular complexity index is 239. The van der Waals surface area contributed by atoms with E-state index >= 15 is 0 Å². The van der Waals surface area contributed by atoms with E-state index in [2.05, 4.69) is 5.32 Å². The SMILES string of the molecule is CCOC(=O)C(C)(CCCCSCCCOC)NC. The number of thioether (sulfide) groups is 1. The third-order valence-corrected chi connectivity index (χ3v) is 4.29. The largest absolute Gasteiger partial charge is 0.465 e. The Morgan fingerprint density at radius 1 is 1.26 bits per heavy atom. The first-order chi connectivity index (χ1) is 9.10. The number of esters is 1. The maximum atomic E-state index is 11.8. The average molecular weight is 291 g/mol. The van der Waals surface area contributed by atoms with Gasteiger partial charge in [0.1, 0.15) is 5.54 Å². The number of methoxy groups -OCH3 is 1. The van der Waals surface area contributed by atoms with Gasteiger partial charge in [-0.1, -0.05) is 6.42 Å². The van der Waals surface area contributed by atoms with Crippen LogP contribution in [0.15, 0.2) is 0 Å². The van der Waals surface area contributed by atoms with Crippen molar-refractivity contribution >= 4 is 17.7 Å². The van der Waals surface area contributed by atoms with Crippen LogP contribution in [0.2, 0.25) is 0 Å². The molecule has 0 aliphatic rings. The van der Waals surface area contributed by atoms with Crippen molar-refractivity contribution in [2.75, 3.05) is 38.9 Å². The number of likely N-dealkylation sites (N-methyl/N-ethyl adjacent to an activating group) is 1. The van der Waals surface area contributed by atoms with Gasteiger partial charge < -0.3 is 14.8 Å². The molecule has 0 rings (SSSR count). The van der Waals surface area contributed by atoms with Crippen molar-refractivity contribution in [3.63, 3.8) is 0 Å². The fourth-order valence-electron chi connectivity index (χ4n) is 1.71. The predicted octanol–water partition coefficient (Wildman–Crippen LogP) is 2.47. The molecule has 0 amide bonds. The minimum Gasteiger partial charge on any atom is -0.465 e. The molecule has 0 aromatic rings. The third kappa shape index (κ3) is 8.50. The lowest BCUT2D eigenvalue weighted by atomic mass is 9.95. The van der Waals surface area contributed by atoms with Crippen molar-refractivity contribution in [1.82, 2.24) is 5.32 Å². The van der Waals surface area contributed by atoms with Crippen molar-refractivity contribution in [3.05, 3.63) is 0 Å². The van der Waals surface area contributed by atoms with Crippen molar-refractivity contribution in [2.45, 2.75) is 45.1 Å². The van der Waals surface area contributed by atoms with E-state index in [1.165, 1.54) is 0 Å². The van der Waals surface area contributed by atoms with Gasteiger partial charge in [0.15, 0.2) is 0 Å². The second-order valence-corrected chi connectivity index (χ2v) is 5.94. The Balaban J connectivity index is 3.69. The summed E-state index contributed by atoms with van der Waals surface area (Å²) in [5.41, 5.74) is -0.545. The number of ether oxygens (including phenoxy) is 2. The summed E-state index contributed by atoms with van der Waals surface area (Å²) in [5, 5.41) is 3.08. The standard InChI is InChI=1S/C14H29NO3S/c1-5-18-13(16)14(2,15-3)9-6-7-11-19-12-8-10-17-4/h15H,5-12H2,1-4H3. The normalized spacial score (nSPS) is 14.1. The summed E-state index contributed by atoms with van der Waals surface area (Å²) in [4.78, 5) is 11.8. The Kier molecular flexibility index (Phi) is 11.4. The van der Waals surface area contributed by atoms with E-state index in [-0.39, 0.29) is 5.97 Å². The zero-order valence-electron chi connectivity index (χ0n) is 12.8. The number of carbonyl (C=O) groups is 1. The van der Waals surface area contributed by atoms with Crippen LogP contribution in [0.1, 0.15) is 39.5 Å². The third-order valence-electron chi connectivity index (χ3n) is 3.13. The van der Waals surface area contributed by atoms with E-state index in [1.807, 2.05) is 32.7 Å². The predicted molar refractivity (Wildman–Crippen MR) is 81.8 cm³/mol. The number of unbranched alkanes of at least 4 members (excludes halogenated alkanes) is 1. The molecule has 0 saturated heterocycles. The molecule has 4 nitrogen and oxygen atoms in total. The minimum atomic E-state index is -0.545. The van der Waals surface area contributed by atoms with Crippen LogP contribution in [-0.2, 0) is 14.3 Å². The Hall–Kier alpha value is -0.260. The van der Waals surface area contributed by atoms with Crippen LogP contribution >= 0.6 is 11.8 Å². The van der Waals surface area contributed by atoms with Crippen molar-refractivity contribution < 1.29 is 14.3 Å². The average Bonchev–Trinajstić information content (AvgIpc) is 2.41. The molecule has 0 aliphatic carbocycles. The summed E-state index contributed by atoms with van der Waals surface area (Å²) in [7, 11) is 3.55. The zero-order valence-corrected chi connectivity index (χ0v) is 13.6. The van der Waals surface area contributed by atoms with Crippen LogP contribution in [0.5, 0.6) is 0 Å². The molecule has 0 saturated carbocycles. The van der Waals surface area contributed by atoms with Gasteiger partial charge in [-0.2, -0.15) is 11.8 Å². The summed E-state index contributed by atoms with van der Waals surface area (Å²) >= 11 is 1.95. The van der Waals surface area contributed by atoms with Crippen molar-refractivity contribution in [3.8, 4) is 0 Å². The molecular weight excluding hydrogens is 262 g/mol. The van der Waals surface area contributed by atoms with Crippen LogP contribution in [0.25, 0.3) is 0 Å². The zero-order chi connectivity index (χ0) is 14.6. The molecule has 1 atom stereocenters. The van der Waals surface area contributed by atoms with Gasteiger partial charge in [0.05, 0.1) is 6.61 Å². The van der Waals surface area contributed by atoms with E-state index in [9.17, 15) is 4.79 Å². The monoisotopic (exact) mass is 291 g/mol. The number of carbonyl (C=O) groups excluding carboxylic acids is 1. The molecule has 5 heteroatoms. The van der Waals surface area contributed by atoms with E-state index in [0.29, 0.717) is 6.61 Å². The molecule has 0 spiro atoms. The van der Waals surface area contributed by atoms with Crippen LogP contribution in [0.3, 0.4) is 0 Å². The Labute approximate surface area is 122 Å². The summed E-state index contributed by atoms with van der Waals surface area (Å²) < 4.78 is 10.1. The second kappa shape index (κ2) is 11.6. The van der Waals surface area contributed by atoms with Crippen LogP contribution in [0.4, 0.5) is 0 Å². The lowest BCUT2D eigenvalue weighted by Crippen LogP contribution is -2.48. The summed E-state index contributed by atoms with van der Waals surface area (Å²) in [5.74, 6) is 2.15. The number of rotatable bonds is 12. The van der Waals surface area contributed by atoms with E-state index in [4.69, 9.17) is 9.47 Å². The van der Waals surface area contributed by atoms with Gasteiger partial charge in [0, 0.05) is 13.7 Å². The van der Waals surface area contributed by atoms with Gasteiger partial charge in [-0.3, -0.25) is 4.79 Å². The van der Waals surface area contributed by atoms with Gasteiger partial charge in [-0.25, -0.2) is 0 Å². The first kappa shape index (κ1) is 18.7. The fourth-order valence-corrected chi connectivity index (χ4v) is 2.64. The smallest absolute Gasteiger partial charge is 0.326 e. The lowest BCUT2D eigenvalue weighted by Gasteiger charge is -2.26. The summed E-state index contributed by atoms with van der Waals surface area (Å²) in [6.07, 6.45) is 4.10. The lowest BCUT2D eigenvalue weighted by molar-refractivity contribution is -0.150. The van der Waals surface area contributed by atoms with E-state index < -0.39 is 5.54 Å². The van der Waals surface area contributed by atoms with Crippen molar-refractivity contribution in [1.29, 1.82) is 0 Å². The molecule has 0 fully saturated rings. The number of hydrogen-bond acceptors (Lipinski definition) is 5. The van der Waals surface area contributed by atoms with Gasteiger partial charge in [-0.05, 0) is 51.7 Å². The van der Waals surface area contributed by atoms with Gasteiger partial charge >= 0.3 is 5.97 Å². The molecule has 1 N–H and O–H groups in total. The molecule has 114 valence electrons. The molecule has 0 aromatic carbocycles. The minimum absolute atomic E-state index is 0.148. The quantitative estimate of drug-likeness (QED) is 0.442. The maximum Gasteiger partial charge on any atom is 0.326 e. The summed E-state index contributed by atoms with van der Waals surface area (Å²) in [6, 6.07) is 0. The summed E-state index contributed by atoms with van der Waals surface area (Å²) in [6.45, 7) is 5.03. The van der Waals surface area contributed by atoms with Crippen LogP contribution in [-0.4, -0.2) is 50.4 Å². The first-order valence-electron chi connectivity index (χ1n) is 7.03. The van der Waals surface area contributed by atoms with Crippen molar-refractivity contribution in [2.24, 2.45) is 0 Å². The molecule has 0 aromatic heterocycles. The fraction of sp³-hybridized carbons (Fsp3) is 0.929. The van der Waals surface area contributed by atoms with E-state index in [1.54, 1.807) is 7.11 Å². The highest BCUT2D eigenvalue weighted by Crippen LogP contribution is 2.17. The van der Waals surface area contributed by atoms with Gasteiger partial charge in [0.25, 0.3) is 0 Å².